The van der Waals surface area contributed by atoms with Gasteiger partial charge < -0.3 is 16.2 Å². The minimum Gasteiger partial charge on any atom is -0.478 e. The lowest BCUT2D eigenvalue weighted by Crippen LogP contribution is -2.32. The molecule has 1 aliphatic rings. The van der Waals surface area contributed by atoms with Gasteiger partial charge in [-0.05, 0) is 18.2 Å². The number of anilines is 2. The number of carboxylic acids is 1. The van der Waals surface area contributed by atoms with Crippen LogP contribution in [0, 0.1) is 0 Å². The van der Waals surface area contributed by atoms with Gasteiger partial charge in [-0.15, -0.1) is 0 Å². The van der Waals surface area contributed by atoms with Crippen molar-refractivity contribution in [2.24, 2.45) is 0 Å². The molecule has 0 radical (unpaired) electrons. The van der Waals surface area contributed by atoms with Crippen molar-refractivity contribution in [3.8, 4) is 0 Å². The molecule has 0 aromatic heterocycles. The van der Waals surface area contributed by atoms with Crippen LogP contribution in [-0.2, 0) is 4.79 Å². The second-order valence-electron chi connectivity index (χ2n) is 3.47. The molecule has 1 aromatic rings. The van der Waals surface area contributed by atoms with E-state index in [2.05, 4.69) is 5.32 Å². The Balaban J connectivity index is 2.57. The van der Waals surface area contributed by atoms with Gasteiger partial charge in [0.1, 0.15) is 0 Å². The van der Waals surface area contributed by atoms with E-state index in [1.54, 1.807) is 0 Å². The number of nitrogens with one attached hydrogen (secondary N) is 1. The van der Waals surface area contributed by atoms with Crippen LogP contribution in [0.2, 0.25) is 0 Å². The van der Waals surface area contributed by atoms with Crippen LogP contribution >= 0.6 is 0 Å². The third-order valence-electron chi connectivity index (χ3n) is 2.34. The van der Waals surface area contributed by atoms with Gasteiger partial charge in [-0.25, -0.2) is 14.5 Å². The van der Waals surface area contributed by atoms with Gasteiger partial charge in [0.2, 0.25) is 0 Å². The number of hydrogen-bond acceptors (Lipinski definition) is 4. The zero-order valence-corrected chi connectivity index (χ0v) is 8.64. The number of carboxylic acid groups (broad SMARTS) is 1. The predicted octanol–water partition coefficient (Wildman–Crippen LogP) is 0.0232. The van der Waals surface area contributed by atoms with Crippen LogP contribution in [0.3, 0.4) is 0 Å². The van der Waals surface area contributed by atoms with E-state index in [0.717, 1.165) is 4.90 Å². The van der Waals surface area contributed by atoms with Crippen LogP contribution < -0.4 is 16.0 Å². The van der Waals surface area contributed by atoms with E-state index in [-0.39, 0.29) is 23.5 Å². The van der Waals surface area contributed by atoms with E-state index in [9.17, 15) is 14.4 Å². The van der Waals surface area contributed by atoms with Gasteiger partial charge in [-0.2, -0.15) is 0 Å². The van der Waals surface area contributed by atoms with E-state index in [1.807, 2.05) is 0 Å². The number of amides is 3. The van der Waals surface area contributed by atoms with Gasteiger partial charge >= 0.3 is 12.0 Å². The summed E-state index contributed by atoms with van der Waals surface area (Å²) in [5.74, 6) is -1.74. The number of rotatable bonds is 2. The Kier molecular flexibility index (Phi) is 2.43. The Morgan fingerprint density at radius 2 is 2.12 bits per heavy atom. The Morgan fingerprint density at radius 1 is 1.41 bits per heavy atom. The number of hydrogen-bond donors (Lipinski definition) is 3. The largest absolute Gasteiger partial charge is 0.478 e. The first kappa shape index (κ1) is 10.9. The van der Waals surface area contributed by atoms with Gasteiger partial charge in [-0.1, -0.05) is 0 Å². The van der Waals surface area contributed by atoms with Crippen molar-refractivity contribution in [3.05, 3.63) is 23.8 Å². The molecule has 0 spiro atoms. The molecule has 1 heterocycles. The lowest BCUT2D eigenvalue weighted by atomic mass is 10.1. The second kappa shape index (κ2) is 3.78. The van der Waals surface area contributed by atoms with Crippen LogP contribution in [0.4, 0.5) is 16.2 Å². The van der Waals surface area contributed by atoms with Crippen molar-refractivity contribution in [1.29, 1.82) is 0 Å². The van der Waals surface area contributed by atoms with Crippen molar-refractivity contribution in [2.45, 2.75) is 0 Å². The fraction of sp³-hybridized carbons (Fsp3) is 0.100. The standard InChI is InChI=1S/C10H9N3O4/c11-5-1-2-6(9(15)16)7(3-5)13-8(14)4-12-10(13)17/h1-3H,4,11H2,(H,12,17)(H,15,16). The van der Waals surface area contributed by atoms with Crippen LogP contribution in [-0.4, -0.2) is 29.6 Å². The van der Waals surface area contributed by atoms with Crippen LogP contribution in [0.15, 0.2) is 18.2 Å². The molecule has 4 N–H and O–H groups in total. The summed E-state index contributed by atoms with van der Waals surface area (Å²) in [5, 5.41) is 11.3. The third kappa shape index (κ3) is 1.78. The fourth-order valence-electron chi connectivity index (χ4n) is 1.58. The molecule has 88 valence electrons. The number of nitrogens with zero attached hydrogens (tertiary/aromatic N) is 1. The van der Waals surface area contributed by atoms with Crippen LogP contribution in [0.5, 0.6) is 0 Å². The van der Waals surface area contributed by atoms with Crippen molar-refractivity contribution < 1.29 is 19.5 Å². The highest BCUT2D eigenvalue weighted by atomic mass is 16.4. The predicted molar refractivity (Wildman–Crippen MR) is 58.7 cm³/mol. The van der Waals surface area contributed by atoms with Gasteiger partial charge in [0.15, 0.2) is 0 Å². The van der Waals surface area contributed by atoms with Gasteiger partial charge in [0, 0.05) is 5.69 Å². The summed E-state index contributed by atoms with van der Waals surface area (Å²) in [4.78, 5) is 34.7. The van der Waals surface area contributed by atoms with Crippen LogP contribution in [0.25, 0.3) is 0 Å². The maximum absolute atomic E-state index is 11.5. The van der Waals surface area contributed by atoms with E-state index < -0.39 is 17.9 Å². The molecule has 0 atom stereocenters. The molecule has 1 aromatic carbocycles. The Hall–Kier alpha value is -2.57. The number of carbonyl (C=O) groups excluding carboxylic acids is 2. The zero-order chi connectivity index (χ0) is 12.6. The number of nitrogens with two attached hydrogens (primary N) is 1. The monoisotopic (exact) mass is 235 g/mol. The number of imide groups is 1. The number of nitrogen functional groups attached to an aromatic ring is 1. The molecule has 0 aliphatic carbocycles. The van der Waals surface area contributed by atoms with Gasteiger partial charge in [-0.3, -0.25) is 4.79 Å². The summed E-state index contributed by atoms with van der Waals surface area (Å²) < 4.78 is 0. The van der Waals surface area contributed by atoms with Crippen molar-refractivity contribution in [2.75, 3.05) is 17.2 Å². The number of urea groups is 1. The van der Waals surface area contributed by atoms with Gasteiger partial charge in [0.05, 0.1) is 17.8 Å². The van der Waals surface area contributed by atoms with E-state index >= 15 is 0 Å². The minimum absolute atomic E-state index is 0.0162. The summed E-state index contributed by atoms with van der Waals surface area (Å²) in [6.45, 7) is -0.146. The molecule has 17 heavy (non-hydrogen) atoms. The lowest BCUT2D eigenvalue weighted by molar-refractivity contribution is -0.115. The number of carbonyl (C=O) groups is 3. The highest BCUT2D eigenvalue weighted by Crippen LogP contribution is 2.25. The number of benzene rings is 1. The van der Waals surface area contributed by atoms with E-state index in [4.69, 9.17) is 10.8 Å². The molecule has 0 unspecified atom stereocenters. The second-order valence-corrected chi connectivity index (χ2v) is 3.47. The highest BCUT2D eigenvalue weighted by Gasteiger charge is 2.32. The summed E-state index contributed by atoms with van der Waals surface area (Å²) in [7, 11) is 0. The molecule has 7 nitrogen and oxygen atoms in total. The third-order valence-corrected chi connectivity index (χ3v) is 2.34. The summed E-state index contributed by atoms with van der Waals surface area (Å²) in [5.41, 5.74) is 5.63. The van der Waals surface area contributed by atoms with Crippen LogP contribution in [0.1, 0.15) is 10.4 Å². The lowest BCUT2D eigenvalue weighted by Gasteiger charge is -2.15. The average Bonchev–Trinajstić information content (AvgIpc) is 2.58. The SMILES string of the molecule is Nc1ccc(C(=O)O)c(N2C(=O)CNC2=O)c1. The molecule has 2 rings (SSSR count). The van der Waals surface area contributed by atoms with E-state index in [0.29, 0.717) is 0 Å². The number of aromatic carboxylic acids is 1. The maximum atomic E-state index is 11.5. The topological polar surface area (TPSA) is 113 Å². The fourth-order valence-corrected chi connectivity index (χ4v) is 1.58. The van der Waals surface area contributed by atoms with Crippen molar-refractivity contribution in [3.63, 3.8) is 0 Å². The smallest absolute Gasteiger partial charge is 0.337 e. The zero-order valence-electron chi connectivity index (χ0n) is 8.64. The average molecular weight is 235 g/mol. The molecule has 3 amide bonds. The van der Waals surface area contributed by atoms with Crippen molar-refractivity contribution in [1.82, 2.24) is 5.32 Å². The minimum atomic E-state index is -1.23. The molecular formula is C10H9N3O4. The molecule has 1 saturated heterocycles. The highest BCUT2D eigenvalue weighted by molar-refractivity contribution is 6.22. The molecule has 1 fully saturated rings. The maximum Gasteiger partial charge on any atom is 0.337 e. The molecule has 0 saturated carbocycles. The molecule has 1 aliphatic heterocycles. The Morgan fingerprint density at radius 3 is 2.65 bits per heavy atom. The Labute approximate surface area is 95.8 Å². The summed E-state index contributed by atoms with van der Waals surface area (Å²) in [6, 6.07) is 3.28. The Bertz CT molecular complexity index is 510. The first-order chi connectivity index (χ1) is 8.00. The van der Waals surface area contributed by atoms with Gasteiger partial charge in [0.25, 0.3) is 5.91 Å². The molecule has 7 heteroatoms. The summed E-state index contributed by atoms with van der Waals surface area (Å²) >= 11 is 0. The van der Waals surface area contributed by atoms with Crippen molar-refractivity contribution >= 4 is 29.3 Å². The first-order valence-electron chi connectivity index (χ1n) is 4.74. The normalized spacial score (nSPS) is 14.9. The summed E-state index contributed by atoms with van der Waals surface area (Å²) in [6.07, 6.45) is 0. The molecule has 0 bridgehead atoms. The molecular weight excluding hydrogens is 226 g/mol. The first-order valence-corrected chi connectivity index (χ1v) is 4.74. The van der Waals surface area contributed by atoms with E-state index in [1.165, 1.54) is 18.2 Å². The quantitative estimate of drug-likeness (QED) is 0.494.